The lowest BCUT2D eigenvalue weighted by Gasteiger charge is -2.24. The Morgan fingerprint density at radius 1 is 1.30 bits per heavy atom. The molecule has 6 nitrogen and oxygen atoms in total. The summed E-state index contributed by atoms with van der Waals surface area (Å²) < 4.78 is 5.64. The molecule has 3 N–H and O–H groups in total. The number of nitrogens with one attached hydrogen (secondary N) is 2. The number of benzene rings is 1. The zero-order valence-corrected chi connectivity index (χ0v) is 13.9. The summed E-state index contributed by atoms with van der Waals surface area (Å²) in [5, 5.41) is 15.9. The van der Waals surface area contributed by atoms with Crippen molar-refractivity contribution in [2.45, 2.75) is 38.6 Å². The van der Waals surface area contributed by atoms with E-state index in [4.69, 9.17) is 4.74 Å². The van der Waals surface area contributed by atoms with E-state index in [1.807, 2.05) is 30.3 Å². The summed E-state index contributed by atoms with van der Waals surface area (Å²) in [6, 6.07) is 9.05. The van der Waals surface area contributed by atoms with Gasteiger partial charge in [0.2, 0.25) is 0 Å². The molecule has 0 bridgehead atoms. The van der Waals surface area contributed by atoms with Crippen LogP contribution < -0.4 is 10.6 Å². The van der Waals surface area contributed by atoms with E-state index in [9.17, 15) is 9.90 Å². The number of hydrogen-bond donors (Lipinski definition) is 3. The van der Waals surface area contributed by atoms with Crippen molar-refractivity contribution in [2.24, 2.45) is 0 Å². The van der Waals surface area contributed by atoms with Crippen LogP contribution in [-0.2, 0) is 11.3 Å². The second-order valence-corrected chi connectivity index (χ2v) is 5.77. The molecule has 6 heteroatoms. The fourth-order valence-corrected chi connectivity index (χ4v) is 2.71. The van der Waals surface area contributed by atoms with Gasteiger partial charge >= 0.3 is 6.03 Å². The van der Waals surface area contributed by atoms with E-state index >= 15 is 0 Å². The Balaban J connectivity index is 1.76. The number of nitrogens with zero attached hydrogens (tertiary/aromatic N) is 1. The van der Waals surface area contributed by atoms with Crippen LogP contribution >= 0.6 is 0 Å². The number of amides is 2. The molecular formula is C17H27N3O3. The van der Waals surface area contributed by atoms with Crippen LogP contribution in [0, 0.1) is 0 Å². The van der Waals surface area contributed by atoms with E-state index in [0.29, 0.717) is 19.7 Å². The molecule has 0 saturated carbocycles. The van der Waals surface area contributed by atoms with Crippen molar-refractivity contribution in [3.8, 4) is 0 Å². The normalized spacial score (nSPS) is 23.9. The van der Waals surface area contributed by atoms with Crippen molar-refractivity contribution in [1.82, 2.24) is 15.5 Å². The van der Waals surface area contributed by atoms with Gasteiger partial charge in [-0.05, 0) is 18.7 Å². The minimum atomic E-state index is -0.682. The minimum absolute atomic E-state index is 0.255. The van der Waals surface area contributed by atoms with Crippen molar-refractivity contribution in [3.63, 3.8) is 0 Å². The number of urea groups is 1. The van der Waals surface area contributed by atoms with Gasteiger partial charge in [0.15, 0.2) is 0 Å². The predicted molar refractivity (Wildman–Crippen MR) is 89.1 cm³/mol. The van der Waals surface area contributed by atoms with Gasteiger partial charge in [-0.15, -0.1) is 0 Å². The Morgan fingerprint density at radius 2 is 2.00 bits per heavy atom. The van der Waals surface area contributed by atoms with Crippen LogP contribution in [0.2, 0.25) is 0 Å². The van der Waals surface area contributed by atoms with E-state index in [2.05, 4.69) is 29.4 Å². The zero-order chi connectivity index (χ0) is 16.7. The molecular weight excluding hydrogens is 294 g/mol. The van der Waals surface area contributed by atoms with Crippen molar-refractivity contribution in [1.29, 1.82) is 0 Å². The first-order valence-corrected chi connectivity index (χ1v) is 8.24. The Labute approximate surface area is 137 Å². The van der Waals surface area contributed by atoms with E-state index in [1.54, 1.807) is 0 Å². The lowest BCUT2D eigenvalue weighted by atomic mass is 10.1. The quantitative estimate of drug-likeness (QED) is 0.699. The van der Waals surface area contributed by atoms with Crippen LogP contribution in [0.4, 0.5) is 4.79 Å². The SMILES string of the molecule is CCN(CC)CC1OCC(NC(=O)NCc2ccccc2)C1O. The molecule has 2 rings (SSSR count). The number of ether oxygens (including phenoxy) is 1. The molecule has 3 atom stereocenters. The number of rotatable bonds is 7. The molecule has 1 aliphatic heterocycles. The maximum atomic E-state index is 12.0. The Morgan fingerprint density at radius 3 is 2.65 bits per heavy atom. The molecule has 0 radical (unpaired) electrons. The Hall–Kier alpha value is -1.63. The van der Waals surface area contributed by atoms with Crippen LogP contribution in [0.5, 0.6) is 0 Å². The Kier molecular flexibility index (Phi) is 6.83. The summed E-state index contributed by atoms with van der Waals surface area (Å²) in [5.74, 6) is 0. The third-order valence-electron chi connectivity index (χ3n) is 4.23. The molecule has 1 heterocycles. The maximum absolute atomic E-state index is 12.0. The summed E-state index contributed by atoms with van der Waals surface area (Å²) in [6.07, 6.45) is -0.938. The topological polar surface area (TPSA) is 73.8 Å². The summed E-state index contributed by atoms with van der Waals surface area (Å²) in [7, 11) is 0. The number of carbonyl (C=O) groups excluding carboxylic acids is 1. The summed E-state index contributed by atoms with van der Waals surface area (Å²) in [6.45, 7) is 7.47. The first kappa shape index (κ1) is 17.7. The average Bonchev–Trinajstić information content (AvgIpc) is 2.92. The highest BCUT2D eigenvalue weighted by molar-refractivity contribution is 5.74. The van der Waals surface area contributed by atoms with Crippen LogP contribution in [0.25, 0.3) is 0 Å². The van der Waals surface area contributed by atoms with Gasteiger partial charge in [0.1, 0.15) is 6.10 Å². The molecule has 0 aromatic heterocycles. The Bertz CT molecular complexity index is 479. The molecule has 1 fully saturated rings. The summed E-state index contributed by atoms with van der Waals surface area (Å²) >= 11 is 0. The fourth-order valence-electron chi connectivity index (χ4n) is 2.71. The van der Waals surface area contributed by atoms with Gasteiger partial charge in [-0.25, -0.2) is 4.79 Å². The third kappa shape index (κ3) is 5.20. The van der Waals surface area contributed by atoms with Crippen LogP contribution in [-0.4, -0.2) is 60.5 Å². The number of hydrogen-bond acceptors (Lipinski definition) is 4. The average molecular weight is 321 g/mol. The molecule has 1 aromatic rings. The van der Waals surface area contributed by atoms with E-state index < -0.39 is 6.10 Å². The van der Waals surface area contributed by atoms with Crippen molar-refractivity contribution >= 4 is 6.03 Å². The molecule has 2 amide bonds. The highest BCUT2D eigenvalue weighted by Crippen LogP contribution is 2.15. The third-order valence-corrected chi connectivity index (χ3v) is 4.23. The first-order valence-electron chi connectivity index (χ1n) is 8.24. The second-order valence-electron chi connectivity index (χ2n) is 5.77. The number of aliphatic hydroxyl groups excluding tert-OH is 1. The smallest absolute Gasteiger partial charge is 0.315 e. The minimum Gasteiger partial charge on any atom is -0.388 e. The molecule has 1 saturated heterocycles. The van der Waals surface area contributed by atoms with E-state index in [0.717, 1.165) is 18.7 Å². The molecule has 3 unspecified atom stereocenters. The second kappa shape index (κ2) is 8.86. The van der Waals surface area contributed by atoms with Crippen molar-refractivity contribution in [3.05, 3.63) is 35.9 Å². The van der Waals surface area contributed by atoms with Gasteiger partial charge < -0.3 is 25.4 Å². The van der Waals surface area contributed by atoms with Crippen LogP contribution in [0.1, 0.15) is 19.4 Å². The molecule has 1 aliphatic rings. The number of carbonyl (C=O) groups is 1. The lowest BCUT2D eigenvalue weighted by molar-refractivity contribution is 0.0173. The maximum Gasteiger partial charge on any atom is 0.315 e. The molecule has 0 spiro atoms. The number of likely N-dealkylation sites (N-methyl/N-ethyl adjacent to an activating group) is 1. The van der Waals surface area contributed by atoms with E-state index in [1.165, 1.54) is 0 Å². The molecule has 128 valence electrons. The van der Waals surface area contributed by atoms with Gasteiger partial charge in [0.25, 0.3) is 0 Å². The predicted octanol–water partition coefficient (Wildman–Crippen LogP) is 0.956. The zero-order valence-electron chi connectivity index (χ0n) is 13.9. The molecule has 1 aromatic carbocycles. The standard InChI is InChI=1S/C17H27N3O3/c1-3-20(4-2)11-15-16(21)14(12-23-15)19-17(22)18-10-13-8-6-5-7-9-13/h5-9,14-16,21H,3-4,10-12H2,1-2H3,(H2,18,19,22). The van der Waals surface area contributed by atoms with Crippen molar-refractivity contribution in [2.75, 3.05) is 26.2 Å². The van der Waals surface area contributed by atoms with Gasteiger partial charge in [-0.2, -0.15) is 0 Å². The van der Waals surface area contributed by atoms with Gasteiger partial charge in [0, 0.05) is 13.1 Å². The van der Waals surface area contributed by atoms with Gasteiger partial charge in [-0.3, -0.25) is 0 Å². The van der Waals surface area contributed by atoms with Crippen molar-refractivity contribution < 1.29 is 14.6 Å². The van der Waals surface area contributed by atoms with Crippen LogP contribution in [0.3, 0.4) is 0 Å². The first-order chi connectivity index (χ1) is 11.1. The fraction of sp³-hybridized carbons (Fsp3) is 0.588. The molecule has 23 heavy (non-hydrogen) atoms. The van der Waals surface area contributed by atoms with Gasteiger partial charge in [-0.1, -0.05) is 44.2 Å². The monoisotopic (exact) mass is 321 g/mol. The molecule has 0 aliphatic carbocycles. The number of aliphatic hydroxyl groups is 1. The van der Waals surface area contributed by atoms with Crippen LogP contribution in [0.15, 0.2) is 30.3 Å². The highest BCUT2D eigenvalue weighted by Gasteiger charge is 2.37. The summed E-state index contributed by atoms with van der Waals surface area (Å²) in [5.41, 5.74) is 1.03. The van der Waals surface area contributed by atoms with E-state index in [-0.39, 0.29) is 18.2 Å². The van der Waals surface area contributed by atoms with Gasteiger partial charge in [0.05, 0.1) is 18.8 Å². The summed E-state index contributed by atoms with van der Waals surface area (Å²) in [4.78, 5) is 14.2. The largest absolute Gasteiger partial charge is 0.388 e. The lowest BCUT2D eigenvalue weighted by Crippen LogP contribution is -2.49. The highest BCUT2D eigenvalue weighted by atomic mass is 16.5.